The SMILES string of the molecule is CC1(C)CC(N)CC(C)(C)N1C(=O)Nc1ccc(-c2ccccc2)cc1. The van der Waals surface area contributed by atoms with E-state index < -0.39 is 0 Å². The van der Waals surface area contributed by atoms with Crippen LogP contribution in [-0.4, -0.2) is 28.1 Å². The fourth-order valence-electron chi connectivity index (χ4n) is 4.46. The lowest BCUT2D eigenvalue weighted by atomic mass is 9.77. The summed E-state index contributed by atoms with van der Waals surface area (Å²) in [5.74, 6) is 0. The molecule has 1 heterocycles. The first-order valence-corrected chi connectivity index (χ1v) is 9.21. The summed E-state index contributed by atoms with van der Waals surface area (Å²) in [4.78, 5) is 15.0. The van der Waals surface area contributed by atoms with Crippen LogP contribution in [-0.2, 0) is 0 Å². The number of nitrogens with two attached hydrogens (primary N) is 1. The van der Waals surface area contributed by atoms with Crippen LogP contribution in [0.25, 0.3) is 11.1 Å². The highest BCUT2D eigenvalue weighted by atomic mass is 16.2. The van der Waals surface area contributed by atoms with Crippen molar-refractivity contribution >= 4 is 11.7 Å². The highest BCUT2D eigenvalue weighted by molar-refractivity contribution is 5.90. The van der Waals surface area contributed by atoms with Crippen LogP contribution in [0.4, 0.5) is 10.5 Å². The number of urea groups is 1. The maximum atomic E-state index is 13.0. The minimum atomic E-state index is -0.283. The molecule has 0 spiro atoms. The molecule has 0 radical (unpaired) electrons. The zero-order valence-electron chi connectivity index (χ0n) is 16.1. The molecular weight excluding hydrogens is 322 g/mol. The molecule has 1 fully saturated rings. The van der Waals surface area contributed by atoms with Gasteiger partial charge < -0.3 is 16.0 Å². The van der Waals surface area contributed by atoms with Crippen molar-refractivity contribution in [2.45, 2.75) is 57.7 Å². The summed E-state index contributed by atoms with van der Waals surface area (Å²) >= 11 is 0. The molecule has 0 aromatic heterocycles. The summed E-state index contributed by atoms with van der Waals surface area (Å²) in [7, 11) is 0. The van der Waals surface area contributed by atoms with Crippen LogP contribution in [0.2, 0.25) is 0 Å². The lowest BCUT2D eigenvalue weighted by molar-refractivity contribution is 0.00877. The van der Waals surface area contributed by atoms with Gasteiger partial charge in [-0.1, -0.05) is 42.5 Å². The molecule has 0 unspecified atom stereocenters. The Kier molecular flexibility index (Phi) is 4.80. The highest BCUT2D eigenvalue weighted by Crippen LogP contribution is 2.38. The van der Waals surface area contributed by atoms with E-state index >= 15 is 0 Å². The smallest absolute Gasteiger partial charge is 0.322 e. The van der Waals surface area contributed by atoms with E-state index in [0.717, 1.165) is 29.7 Å². The predicted octanol–water partition coefficient (Wildman–Crippen LogP) is 4.87. The molecule has 2 amide bonds. The van der Waals surface area contributed by atoms with E-state index in [-0.39, 0.29) is 23.2 Å². The van der Waals surface area contributed by atoms with E-state index in [1.54, 1.807) is 0 Å². The minimum Gasteiger partial charge on any atom is -0.328 e. The second kappa shape index (κ2) is 6.76. The standard InChI is InChI=1S/C22H29N3O/c1-21(2)14-18(23)15-22(3,4)25(21)20(26)24-19-12-10-17(11-13-19)16-8-6-5-7-9-16/h5-13,18H,14-15,23H2,1-4H3,(H,24,26). The van der Waals surface area contributed by atoms with Gasteiger partial charge in [-0.25, -0.2) is 4.79 Å². The third-order valence-corrected chi connectivity index (χ3v) is 5.18. The molecule has 1 aliphatic heterocycles. The summed E-state index contributed by atoms with van der Waals surface area (Å²) in [6.45, 7) is 8.36. The summed E-state index contributed by atoms with van der Waals surface area (Å²) in [6.07, 6.45) is 1.60. The molecule has 0 atom stereocenters. The van der Waals surface area contributed by atoms with Crippen molar-refractivity contribution < 1.29 is 4.79 Å². The Bertz CT molecular complexity index is 748. The number of rotatable bonds is 2. The molecule has 1 saturated heterocycles. The minimum absolute atomic E-state index is 0.0700. The summed E-state index contributed by atoms with van der Waals surface area (Å²) in [5.41, 5.74) is 8.75. The Morgan fingerprint density at radius 2 is 1.42 bits per heavy atom. The molecule has 0 saturated carbocycles. The first-order chi connectivity index (χ1) is 12.2. The molecule has 3 N–H and O–H groups in total. The van der Waals surface area contributed by atoms with E-state index in [1.165, 1.54) is 0 Å². The van der Waals surface area contributed by atoms with Crippen LogP contribution < -0.4 is 11.1 Å². The second-order valence-electron chi connectivity index (χ2n) is 8.50. The normalized spacial score (nSPS) is 19.2. The molecule has 2 aromatic carbocycles. The average molecular weight is 351 g/mol. The number of nitrogens with zero attached hydrogens (tertiary/aromatic N) is 1. The number of hydrogen-bond acceptors (Lipinski definition) is 2. The van der Waals surface area contributed by atoms with Crippen molar-refractivity contribution in [3.8, 4) is 11.1 Å². The maximum Gasteiger partial charge on any atom is 0.322 e. The van der Waals surface area contributed by atoms with Crippen LogP contribution in [0.5, 0.6) is 0 Å². The number of anilines is 1. The van der Waals surface area contributed by atoms with E-state index in [1.807, 2.05) is 47.4 Å². The van der Waals surface area contributed by atoms with Crippen LogP contribution in [0.3, 0.4) is 0 Å². The lowest BCUT2D eigenvalue weighted by Gasteiger charge is -2.54. The molecule has 4 nitrogen and oxygen atoms in total. The van der Waals surface area contributed by atoms with Crippen LogP contribution >= 0.6 is 0 Å². The molecular formula is C22H29N3O. The predicted molar refractivity (Wildman–Crippen MR) is 108 cm³/mol. The summed E-state index contributed by atoms with van der Waals surface area (Å²) in [5, 5.41) is 3.06. The molecule has 26 heavy (non-hydrogen) atoms. The molecule has 2 aromatic rings. The van der Waals surface area contributed by atoms with Gasteiger partial charge in [-0.05, 0) is 63.8 Å². The van der Waals surface area contributed by atoms with Gasteiger partial charge in [-0.3, -0.25) is 0 Å². The van der Waals surface area contributed by atoms with Gasteiger partial charge in [0.1, 0.15) is 0 Å². The van der Waals surface area contributed by atoms with Gasteiger partial charge >= 0.3 is 6.03 Å². The van der Waals surface area contributed by atoms with E-state index in [0.29, 0.717) is 0 Å². The van der Waals surface area contributed by atoms with Crippen LogP contribution in [0, 0.1) is 0 Å². The molecule has 138 valence electrons. The molecule has 0 aliphatic carbocycles. The number of carbonyl (C=O) groups excluding carboxylic acids is 1. The largest absolute Gasteiger partial charge is 0.328 e. The van der Waals surface area contributed by atoms with Gasteiger partial charge in [-0.15, -0.1) is 0 Å². The molecule has 0 bridgehead atoms. The highest BCUT2D eigenvalue weighted by Gasteiger charge is 2.46. The first-order valence-electron chi connectivity index (χ1n) is 9.21. The van der Waals surface area contributed by atoms with Gasteiger partial charge in [0.2, 0.25) is 0 Å². The van der Waals surface area contributed by atoms with Crippen molar-refractivity contribution in [3.05, 3.63) is 54.6 Å². The van der Waals surface area contributed by atoms with Crippen molar-refractivity contribution in [2.24, 2.45) is 5.73 Å². The number of amides is 2. The van der Waals surface area contributed by atoms with Crippen molar-refractivity contribution in [2.75, 3.05) is 5.32 Å². The van der Waals surface area contributed by atoms with Crippen LogP contribution in [0.1, 0.15) is 40.5 Å². The number of nitrogens with one attached hydrogen (secondary N) is 1. The van der Waals surface area contributed by atoms with Gasteiger partial charge in [-0.2, -0.15) is 0 Å². The average Bonchev–Trinajstić information content (AvgIpc) is 2.53. The van der Waals surface area contributed by atoms with Crippen molar-refractivity contribution in [3.63, 3.8) is 0 Å². The summed E-state index contributed by atoms with van der Waals surface area (Å²) < 4.78 is 0. The Hall–Kier alpha value is -2.33. The Labute approximate surface area is 156 Å². The maximum absolute atomic E-state index is 13.0. The van der Waals surface area contributed by atoms with E-state index in [9.17, 15) is 4.79 Å². The Morgan fingerprint density at radius 1 is 0.923 bits per heavy atom. The quantitative estimate of drug-likeness (QED) is 0.811. The molecule has 3 rings (SSSR count). The monoisotopic (exact) mass is 351 g/mol. The van der Waals surface area contributed by atoms with Gasteiger partial charge in [0, 0.05) is 22.8 Å². The Balaban J connectivity index is 1.77. The number of carbonyl (C=O) groups is 1. The topological polar surface area (TPSA) is 58.4 Å². The molecule has 4 heteroatoms. The summed E-state index contributed by atoms with van der Waals surface area (Å²) in [6, 6.07) is 18.2. The zero-order valence-corrected chi connectivity index (χ0v) is 16.1. The Morgan fingerprint density at radius 3 is 1.96 bits per heavy atom. The first kappa shape index (κ1) is 18.5. The fraction of sp³-hybridized carbons (Fsp3) is 0.409. The van der Waals surface area contributed by atoms with Crippen molar-refractivity contribution in [1.82, 2.24) is 4.90 Å². The van der Waals surface area contributed by atoms with Crippen molar-refractivity contribution in [1.29, 1.82) is 0 Å². The van der Waals surface area contributed by atoms with Gasteiger partial charge in [0.25, 0.3) is 0 Å². The number of likely N-dealkylation sites (tertiary alicyclic amines) is 1. The third-order valence-electron chi connectivity index (χ3n) is 5.18. The molecule has 1 aliphatic rings. The van der Waals surface area contributed by atoms with Gasteiger partial charge in [0.05, 0.1) is 0 Å². The van der Waals surface area contributed by atoms with Gasteiger partial charge in [0.15, 0.2) is 0 Å². The number of piperidine rings is 1. The van der Waals surface area contributed by atoms with Crippen LogP contribution in [0.15, 0.2) is 54.6 Å². The zero-order chi connectivity index (χ0) is 18.9. The number of hydrogen-bond donors (Lipinski definition) is 2. The lowest BCUT2D eigenvalue weighted by Crippen LogP contribution is -2.66. The number of benzene rings is 2. The fourth-order valence-corrected chi connectivity index (χ4v) is 4.46. The third kappa shape index (κ3) is 3.75. The van der Waals surface area contributed by atoms with E-state index in [2.05, 4.69) is 45.1 Å². The second-order valence-corrected chi connectivity index (χ2v) is 8.50. The van der Waals surface area contributed by atoms with E-state index in [4.69, 9.17) is 5.73 Å².